The zero-order valence-electron chi connectivity index (χ0n) is 14.3. The maximum atomic E-state index is 12.7. The van der Waals surface area contributed by atoms with Crippen molar-refractivity contribution in [2.24, 2.45) is 11.8 Å². The van der Waals surface area contributed by atoms with Crippen LogP contribution in [0.5, 0.6) is 0 Å². The second-order valence-electron chi connectivity index (χ2n) is 7.43. The van der Waals surface area contributed by atoms with Crippen molar-refractivity contribution >= 4 is 16.9 Å². The minimum Gasteiger partial charge on any atom is -0.356 e. The van der Waals surface area contributed by atoms with Gasteiger partial charge in [0, 0.05) is 36.6 Å². The molecule has 0 spiro atoms. The number of para-hydroxylation sites is 1. The zero-order valence-corrected chi connectivity index (χ0v) is 14.3. The second-order valence-corrected chi connectivity index (χ2v) is 7.43. The summed E-state index contributed by atoms with van der Waals surface area (Å²) >= 11 is 0. The third-order valence-electron chi connectivity index (χ3n) is 5.62. The Bertz CT molecular complexity index is 945. The van der Waals surface area contributed by atoms with Crippen LogP contribution in [0, 0.1) is 11.8 Å². The van der Waals surface area contributed by atoms with E-state index in [0.29, 0.717) is 29.5 Å². The van der Waals surface area contributed by atoms with Gasteiger partial charge in [0.15, 0.2) is 5.58 Å². The summed E-state index contributed by atoms with van der Waals surface area (Å²) in [5.74, 6) is 1.44. The number of imidazole rings is 1. The molecule has 1 aliphatic heterocycles. The second kappa shape index (κ2) is 5.18. The highest BCUT2D eigenvalue weighted by atomic mass is 16.5. The van der Waals surface area contributed by atoms with Gasteiger partial charge in [0.05, 0.1) is 12.0 Å². The highest BCUT2D eigenvalue weighted by molar-refractivity contribution is 5.92. The van der Waals surface area contributed by atoms with Crippen LogP contribution in [0.2, 0.25) is 0 Å². The molecule has 1 amide bonds. The number of carbonyl (C=O) groups is 1. The minimum atomic E-state index is 0.0374. The summed E-state index contributed by atoms with van der Waals surface area (Å²) in [4.78, 5) is 18.9. The van der Waals surface area contributed by atoms with Crippen molar-refractivity contribution in [1.29, 1.82) is 0 Å². The summed E-state index contributed by atoms with van der Waals surface area (Å²) < 4.78 is 7.41. The Balaban J connectivity index is 1.31. The van der Waals surface area contributed by atoms with Gasteiger partial charge in [-0.2, -0.15) is 0 Å². The standard InChI is InChI=1S/C19H20N4O2/c1-11(2)23-9-15(20-10-23)19(24)22-7-13-14(8-22)17(13)18-12-5-3-4-6-16(12)25-21-18/h3-6,9-11,13-14,17H,7-8H2,1-2H3/t13-,14+,17?. The molecule has 1 unspecified atom stereocenters. The lowest BCUT2D eigenvalue weighted by atomic mass is 10.1. The molecule has 6 nitrogen and oxygen atoms in total. The van der Waals surface area contributed by atoms with Gasteiger partial charge in [0.1, 0.15) is 5.69 Å². The summed E-state index contributed by atoms with van der Waals surface area (Å²) in [7, 11) is 0. The van der Waals surface area contributed by atoms with E-state index in [1.54, 1.807) is 6.33 Å². The molecule has 0 bridgehead atoms. The fourth-order valence-electron chi connectivity index (χ4n) is 4.14. The van der Waals surface area contributed by atoms with E-state index in [4.69, 9.17) is 4.52 Å². The van der Waals surface area contributed by atoms with Crippen molar-refractivity contribution in [3.63, 3.8) is 0 Å². The smallest absolute Gasteiger partial charge is 0.274 e. The largest absolute Gasteiger partial charge is 0.356 e. The van der Waals surface area contributed by atoms with E-state index in [1.807, 2.05) is 33.9 Å². The SMILES string of the molecule is CC(C)n1cnc(C(=O)N2C[C@@H]3C(c4noc5ccccc45)[C@@H]3C2)c1. The van der Waals surface area contributed by atoms with E-state index in [0.717, 1.165) is 29.8 Å². The lowest BCUT2D eigenvalue weighted by molar-refractivity contribution is 0.0767. The van der Waals surface area contributed by atoms with Crippen molar-refractivity contribution in [3.05, 3.63) is 48.2 Å². The number of hydrogen-bond donors (Lipinski definition) is 0. The lowest BCUT2D eigenvalue weighted by Crippen LogP contribution is -2.31. The maximum absolute atomic E-state index is 12.7. The Morgan fingerprint density at radius 3 is 2.72 bits per heavy atom. The van der Waals surface area contributed by atoms with Crippen molar-refractivity contribution in [3.8, 4) is 0 Å². The number of benzene rings is 1. The Kier molecular flexibility index (Phi) is 3.04. The molecule has 2 fully saturated rings. The molecule has 2 aromatic heterocycles. The van der Waals surface area contributed by atoms with E-state index in [2.05, 4.69) is 30.1 Å². The van der Waals surface area contributed by atoms with Gasteiger partial charge in [-0.05, 0) is 37.8 Å². The molecule has 3 heterocycles. The molecule has 1 saturated carbocycles. The van der Waals surface area contributed by atoms with Crippen LogP contribution >= 0.6 is 0 Å². The molecule has 1 saturated heterocycles. The zero-order chi connectivity index (χ0) is 17.1. The minimum absolute atomic E-state index is 0.0374. The van der Waals surface area contributed by atoms with Crippen LogP contribution < -0.4 is 0 Å². The highest BCUT2D eigenvalue weighted by Crippen LogP contribution is 2.59. The Morgan fingerprint density at radius 1 is 1.24 bits per heavy atom. The normalized spacial score (nSPS) is 24.9. The maximum Gasteiger partial charge on any atom is 0.274 e. The fraction of sp³-hybridized carbons (Fsp3) is 0.421. The van der Waals surface area contributed by atoms with Crippen LogP contribution in [0.4, 0.5) is 0 Å². The van der Waals surface area contributed by atoms with Crippen LogP contribution in [0.15, 0.2) is 41.3 Å². The number of likely N-dealkylation sites (tertiary alicyclic amines) is 1. The van der Waals surface area contributed by atoms with Crippen LogP contribution in [-0.2, 0) is 0 Å². The van der Waals surface area contributed by atoms with E-state index in [9.17, 15) is 4.79 Å². The van der Waals surface area contributed by atoms with Crippen molar-refractivity contribution < 1.29 is 9.32 Å². The molecule has 5 rings (SSSR count). The highest BCUT2D eigenvalue weighted by Gasteiger charge is 2.59. The Hall–Kier alpha value is -2.63. The summed E-state index contributed by atoms with van der Waals surface area (Å²) in [5, 5.41) is 5.40. The first-order chi connectivity index (χ1) is 12.1. The summed E-state index contributed by atoms with van der Waals surface area (Å²) in [6.07, 6.45) is 3.58. The van der Waals surface area contributed by atoms with Crippen LogP contribution in [0.1, 0.15) is 42.0 Å². The molecule has 128 valence electrons. The number of hydrogen-bond acceptors (Lipinski definition) is 4. The number of piperidine rings is 1. The van der Waals surface area contributed by atoms with E-state index in [-0.39, 0.29) is 5.91 Å². The topological polar surface area (TPSA) is 64.2 Å². The van der Waals surface area contributed by atoms with Gasteiger partial charge >= 0.3 is 0 Å². The average Bonchev–Trinajstić information content (AvgIpc) is 3.11. The average molecular weight is 336 g/mol. The number of aromatic nitrogens is 3. The van der Waals surface area contributed by atoms with Crippen molar-refractivity contribution in [1.82, 2.24) is 19.6 Å². The van der Waals surface area contributed by atoms with E-state index in [1.165, 1.54) is 0 Å². The first kappa shape index (κ1) is 14.7. The first-order valence-corrected chi connectivity index (χ1v) is 8.80. The molecule has 2 aliphatic rings. The monoisotopic (exact) mass is 336 g/mol. The van der Waals surface area contributed by atoms with E-state index >= 15 is 0 Å². The first-order valence-electron chi connectivity index (χ1n) is 8.80. The molecule has 25 heavy (non-hydrogen) atoms. The number of fused-ring (bicyclic) bond motifs is 2. The van der Waals surface area contributed by atoms with Gasteiger partial charge in [-0.15, -0.1) is 0 Å². The van der Waals surface area contributed by atoms with Gasteiger partial charge in [-0.3, -0.25) is 4.79 Å². The lowest BCUT2D eigenvalue weighted by Gasteiger charge is -2.18. The summed E-state index contributed by atoms with van der Waals surface area (Å²) in [6.45, 7) is 5.72. The molecular formula is C19H20N4O2. The van der Waals surface area contributed by atoms with Gasteiger partial charge in [-0.25, -0.2) is 4.98 Å². The molecule has 3 aromatic rings. The van der Waals surface area contributed by atoms with Gasteiger partial charge in [0.25, 0.3) is 5.91 Å². The van der Waals surface area contributed by atoms with Crippen LogP contribution in [-0.4, -0.2) is 38.6 Å². The third kappa shape index (κ3) is 2.20. The third-order valence-corrected chi connectivity index (χ3v) is 5.62. The van der Waals surface area contributed by atoms with Gasteiger partial charge in [-0.1, -0.05) is 17.3 Å². The number of carbonyl (C=O) groups excluding carboxylic acids is 1. The molecule has 3 atom stereocenters. The quantitative estimate of drug-likeness (QED) is 0.737. The number of rotatable bonds is 3. The van der Waals surface area contributed by atoms with Crippen molar-refractivity contribution in [2.75, 3.05) is 13.1 Å². The predicted molar refractivity (Wildman–Crippen MR) is 92.2 cm³/mol. The molecule has 6 heteroatoms. The molecule has 0 N–H and O–H groups in total. The molecule has 1 aliphatic carbocycles. The molecule has 0 radical (unpaired) electrons. The Labute approximate surface area is 145 Å². The Morgan fingerprint density at radius 2 is 2.00 bits per heavy atom. The molecule has 1 aromatic carbocycles. The fourth-order valence-corrected chi connectivity index (χ4v) is 4.14. The van der Waals surface area contributed by atoms with E-state index < -0.39 is 0 Å². The summed E-state index contributed by atoms with van der Waals surface area (Å²) in [5.41, 5.74) is 2.44. The van der Waals surface area contributed by atoms with Crippen LogP contribution in [0.3, 0.4) is 0 Å². The van der Waals surface area contributed by atoms with Crippen LogP contribution in [0.25, 0.3) is 11.0 Å². The number of amides is 1. The number of nitrogens with zero attached hydrogens (tertiary/aromatic N) is 4. The summed E-state index contributed by atoms with van der Waals surface area (Å²) in [6, 6.07) is 8.30. The van der Waals surface area contributed by atoms with Crippen molar-refractivity contribution in [2.45, 2.75) is 25.8 Å². The molecular weight excluding hydrogens is 316 g/mol. The van der Waals surface area contributed by atoms with Gasteiger partial charge < -0.3 is 14.0 Å². The predicted octanol–water partition coefficient (Wildman–Crippen LogP) is 3.09. The van der Waals surface area contributed by atoms with Gasteiger partial charge in [0.2, 0.25) is 0 Å².